The number of para-hydroxylation sites is 1. The van der Waals surface area contributed by atoms with Crippen LogP contribution in [0.3, 0.4) is 0 Å². The summed E-state index contributed by atoms with van der Waals surface area (Å²) < 4.78 is 0. The van der Waals surface area contributed by atoms with Gasteiger partial charge in [0.05, 0.1) is 0 Å². The van der Waals surface area contributed by atoms with E-state index >= 15 is 0 Å². The number of anilines is 1. The van der Waals surface area contributed by atoms with Gasteiger partial charge in [-0.3, -0.25) is 0 Å². The molecule has 66 valence electrons. The molecule has 0 aromatic heterocycles. The Kier molecular flexibility index (Phi) is 1.43. The zero-order chi connectivity index (χ0) is 8.67. The van der Waals surface area contributed by atoms with Crippen LogP contribution in [0.25, 0.3) is 5.57 Å². The number of nitrogens with one attached hydrogen (secondary N) is 2. The molecule has 0 saturated heterocycles. The minimum absolute atomic E-state index is 1.01. The summed E-state index contributed by atoms with van der Waals surface area (Å²) in [6, 6.07) is 8.54. The molecule has 0 bridgehead atoms. The number of benzene rings is 1. The standard InChI is InChI=1S/C11H12N2/c1-2-4-11-9(3-1)10-7-12-5-8(10)6-13-11/h1-4,12-13H,5-7H2. The highest BCUT2D eigenvalue weighted by atomic mass is 15.0. The van der Waals surface area contributed by atoms with Crippen molar-refractivity contribution in [2.24, 2.45) is 0 Å². The monoisotopic (exact) mass is 172 g/mol. The van der Waals surface area contributed by atoms with Crippen LogP contribution in [-0.2, 0) is 0 Å². The Morgan fingerprint density at radius 2 is 1.92 bits per heavy atom. The second kappa shape index (κ2) is 2.60. The quantitative estimate of drug-likeness (QED) is 0.619. The van der Waals surface area contributed by atoms with Crippen molar-refractivity contribution in [2.45, 2.75) is 0 Å². The number of fused-ring (bicyclic) bond motifs is 2. The smallest absolute Gasteiger partial charge is 0.0419 e. The van der Waals surface area contributed by atoms with Gasteiger partial charge in [-0.25, -0.2) is 0 Å². The van der Waals surface area contributed by atoms with E-state index in [4.69, 9.17) is 0 Å². The van der Waals surface area contributed by atoms with E-state index in [1.807, 2.05) is 0 Å². The molecule has 13 heavy (non-hydrogen) atoms. The van der Waals surface area contributed by atoms with Crippen LogP contribution in [0.1, 0.15) is 5.56 Å². The Morgan fingerprint density at radius 1 is 1.00 bits per heavy atom. The molecule has 2 heteroatoms. The summed E-state index contributed by atoms with van der Waals surface area (Å²) in [5.74, 6) is 0. The number of hydrogen-bond donors (Lipinski definition) is 2. The first-order valence-corrected chi connectivity index (χ1v) is 4.70. The molecule has 1 aromatic rings. The maximum absolute atomic E-state index is 3.44. The molecule has 0 saturated carbocycles. The largest absolute Gasteiger partial charge is 0.381 e. The van der Waals surface area contributed by atoms with Gasteiger partial charge < -0.3 is 10.6 Å². The van der Waals surface area contributed by atoms with Crippen LogP contribution in [0.5, 0.6) is 0 Å². The highest BCUT2D eigenvalue weighted by molar-refractivity contribution is 5.83. The molecule has 0 aliphatic carbocycles. The zero-order valence-corrected chi connectivity index (χ0v) is 7.43. The van der Waals surface area contributed by atoms with Crippen LogP contribution in [-0.4, -0.2) is 19.6 Å². The van der Waals surface area contributed by atoms with E-state index in [-0.39, 0.29) is 0 Å². The molecule has 2 N–H and O–H groups in total. The third-order valence-electron chi connectivity index (χ3n) is 2.81. The zero-order valence-electron chi connectivity index (χ0n) is 7.43. The first kappa shape index (κ1) is 7.15. The molecule has 3 rings (SSSR count). The Balaban J connectivity index is 2.18. The van der Waals surface area contributed by atoms with Gasteiger partial charge >= 0.3 is 0 Å². The van der Waals surface area contributed by atoms with E-state index in [2.05, 4.69) is 34.9 Å². The van der Waals surface area contributed by atoms with Crippen LogP contribution in [0.2, 0.25) is 0 Å². The SMILES string of the molecule is c1ccc2c(c1)NCC1=C2CNC1. The lowest BCUT2D eigenvalue weighted by Gasteiger charge is -2.19. The summed E-state index contributed by atoms with van der Waals surface area (Å²) in [7, 11) is 0. The van der Waals surface area contributed by atoms with Crippen molar-refractivity contribution in [3.8, 4) is 0 Å². The Labute approximate surface area is 77.7 Å². The predicted molar refractivity (Wildman–Crippen MR) is 54.7 cm³/mol. The van der Waals surface area contributed by atoms with Gasteiger partial charge in [0.15, 0.2) is 0 Å². The van der Waals surface area contributed by atoms with Gasteiger partial charge in [0.25, 0.3) is 0 Å². The molecule has 0 unspecified atom stereocenters. The highest BCUT2D eigenvalue weighted by Crippen LogP contribution is 2.31. The topological polar surface area (TPSA) is 24.1 Å². The maximum atomic E-state index is 3.44. The van der Waals surface area contributed by atoms with Crippen LogP contribution in [0.15, 0.2) is 29.8 Å². The van der Waals surface area contributed by atoms with Crippen molar-refractivity contribution >= 4 is 11.3 Å². The molecule has 2 heterocycles. The predicted octanol–water partition coefficient (Wildman–Crippen LogP) is 1.47. The normalized spacial score (nSPS) is 19.4. The third-order valence-corrected chi connectivity index (χ3v) is 2.81. The average Bonchev–Trinajstić information content (AvgIpc) is 2.65. The molecule has 2 aliphatic heterocycles. The molecule has 0 atom stereocenters. The van der Waals surface area contributed by atoms with E-state index in [1.165, 1.54) is 22.4 Å². The van der Waals surface area contributed by atoms with Crippen molar-refractivity contribution < 1.29 is 0 Å². The van der Waals surface area contributed by atoms with E-state index in [9.17, 15) is 0 Å². The van der Waals surface area contributed by atoms with Gasteiger partial charge in [0, 0.05) is 30.9 Å². The van der Waals surface area contributed by atoms with Crippen molar-refractivity contribution in [3.63, 3.8) is 0 Å². The molecule has 2 nitrogen and oxygen atoms in total. The molecule has 0 fully saturated rings. The summed E-state index contributed by atoms with van der Waals surface area (Å²) in [5, 5.41) is 6.83. The van der Waals surface area contributed by atoms with Crippen LogP contribution < -0.4 is 10.6 Å². The first-order chi connectivity index (χ1) is 6.45. The molecule has 0 radical (unpaired) electrons. The van der Waals surface area contributed by atoms with Crippen molar-refractivity contribution in [1.82, 2.24) is 5.32 Å². The Morgan fingerprint density at radius 3 is 2.92 bits per heavy atom. The lowest BCUT2D eigenvalue weighted by Crippen LogP contribution is -2.14. The molecule has 0 spiro atoms. The maximum Gasteiger partial charge on any atom is 0.0419 e. The van der Waals surface area contributed by atoms with Gasteiger partial charge in [-0.2, -0.15) is 0 Å². The molecule has 2 aliphatic rings. The summed E-state index contributed by atoms with van der Waals surface area (Å²) in [6.07, 6.45) is 0. The van der Waals surface area contributed by atoms with E-state index < -0.39 is 0 Å². The summed E-state index contributed by atoms with van der Waals surface area (Å²) >= 11 is 0. The van der Waals surface area contributed by atoms with E-state index in [1.54, 1.807) is 0 Å². The molecular formula is C11H12N2. The minimum Gasteiger partial charge on any atom is -0.381 e. The fraction of sp³-hybridized carbons (Fsp3) is 0.273. The molecule has 1 aromatic carbocycles. The van der Waals surface area contributed by atoms with Gasteiger partial charge in [-0.05, 0) is 17.2 Å². The summed E-state index contributed by atoms with van der Waals surface area (Å²) in [5.41, 5.74) is 5.70. The van der Waals surface area contributed by atoms with Crippen molar-refractivity contribution in [3.05, 3.63) is 35.4 Å². The average molecular weight is 172 g/mol. The molecular weight excluding hydrogens is 160 g/mol. The van der Waals surface area contributed by atoms with Gasteiger partial charge in [0.1, 0.15) is 0 Å². The number of rotatable bonds is 0. The highest BCUT2D eigenvalue weighted by Gasteiger charge is 2.21. The third kappa shape index (κ3) is 0.988. The fourth-order valence-electron chi connectivity index (χ4n) is 2.13. The van der Waals surface area contributed by atoms with Crippen molar-refractivity contribution in [2.75, 3.05) is 25.0 Å². The van der Waals surface area contributed by atoms with Crippen LogP contribution in [0, 0.1) is 0 Å². The van der Waals surface area contributed by atoms with Crippen molar-refractivity contribution in [1.29, 1.82) is 0 Å². The lowest BCUT2D eigenvalue weighted by atomic mass is 9.97. The van der Waals surface area contributed by atoms with Gasteiger partial charge in [0.2, 0.25) is 0 Å². The van der Waals surface area contributed by atoms with E-state index in [0.29, 0.717) is 0 Å². The van der Waals surface area contributed by atoms with Crippen LogP contribution in [0.4, 0.5) is 5.69 Å². The lowest BCUT2D eigenvalue weighted by molar-refractivity contribution is 0.873. The van der Waals surface area contributed by atoms with Gasteiger partial charge in [-0.1, -0.05) is 18.2 Å². The van der Waals surface area contributed by atoms with E-state index in [0.717, 1.165) is 19.6 Å². The second-order valence-electron chi connectivity index (χ2n) is 3.58. The van der Waals surface area contributed by atoms with Crippen LogP contribution >= 0.6 is 0 Å². The molecule has 0 amide bonds. The Bertz CT molecular complexity index is 379. The summed E-state index contributed by atoms with van der Waals surface area (Å²) in [4.78, 5) is 0. The Hall–Kier alpha value is -1.28. The second-order valence-corrected chi connectivity index (χ2v) is 3.58. The minimum atomic E-state index is 1.01. The summed E-state index contributed by atoms with van der Waals surface area (Å²) in [6.45, 7) is 3.10. The fourth-order valence-corrected chi connectivity index (χ4v) is 2.13. The van der Waals surface area contributed by atoms with Gasteiger partial charge in [-0.15, -0.1) is 0 Å². The first-order valence-electron chi connectivity index (χ1n) is 4.70. The number of hydrogen-bond acceptors (Lipinski definition) is 2.